The van der Waals surface area contributed by atoms with Crippen molar-refractivity contribution >= 4 is 5.97 Å². The van der Waals surface area contributed by atoms with Crippen molar-refractivity contribution in [2.45, 2.75) is 82.5 Å². The van der Waals surface area contributed by atoms with Gasteiger partial charge in [-0.15, -0.1) is 0 Å². The number of rotatable bonds is 7. The Morgan fingerprint density at radius 2 is 1.62 bits per heavy atom. The molecule has 1 aromatic rings. The van der Waals surface area contributed by atoms with E-state index in [1.807, 2.05) is 7.11 Å². The highest BCUT2D eigenvalue weighted by molar-refractivity contribution is 5.78. The number of hydrogen-bond acceptors (Lipinski definition) is 4. The lowest BCUT2D eigenvalue weighted by Gasteiger charge is -2.53. The molecular weight excluding hydrogens is 328 g/mol. The topological polar surface area (TPSA) is 44.8 Å². The fourth-order valence-electron chi connectivity index (χ4n) is 4.47. The van der Waals surface area contributed by atoms with E-state index in [0.717, 1.165) is 5.56 Å². The van der Waals surface area contributed by atoms with Gasteiger partial charge in [-0.1, -0.05) is 24.3 Å². The van der Waals surface area contributed by atoms with E-state index < -0.39 is 5.60 Å². The van der Waals surface area contributed by atoms with Gasteiger partial charge in [0.25, 0.3) is 0 Å². The van der Waals surface area contributed by atoms with Gasteiger partial charge in [0.15, 0.2) is 5.60 Å². The molecule has 0 heterocycles. The van der Waals surface area contributed by atoms with Gasteiger partial charge >= 0.3 is 5.97 Å². The van der Waals surface area contributed by atoms with Gasteiger partial charge in [0.2, 0.25) is 0 Å². The molecule has 3 aliphatic rings. The minimum Gasteiger partial charge on any atom is -0.464 e. The molecule has 0 atom stereocenters. The molecule has 144 valence electrons. The van der Waals surface area contributed by atoms with Crippen LogP contribution in [0.1, 0.15) is 70.4 Å². The molecule has 0 N–H and O–H groups in total. The van der Waals surface area contributed by atoms with E-state index in [1.165, 1.54) is 44.1 Å². The molecule has 26 heavy (non-hydrogen) atoms. The zero-order chi connectivity index (χ0) is 18.8. The predicted molar refractivity (Wildman–Crippen MR) is 101 cm³/mol. The summed E-state index contributed by atoms with van der Waals surface area (Å²) in [6, 6.07) is 8.78. The van der Waals surface area contributed by atoms with Crippen LogP contribution in [0.15, 0.2) is 24.3 Å². The summed E-state index contributed by atoms with van der Waals surface area (Å²) in [5.74, 6) is -0.318. The van der Waals surface area contributed by atoms with Gasteiger partial charge in [-0.2, -0.15) is 0 Å². The van der Waals surface area contributed by atoms with Crippen LogP contribution >= 0.6 is 0 Å². The second kappa shape index (κ2) is 7.32. The van der Waals surface area contributed by atoms with Crippen LogP contribution in [-0.2, 0) is 31.0 Å². The number of carbonyl (C=O) groups excluding carboxylic acids is 1. The molecule has 3 aliphatic carbocycles. The third kappa shape index (κ3) is 3.67. The Morgan fingerprint density at radius 3 is 2.12 bits per heavy atom. The zero-order valence-electron chi connectivity index (χ0n) is 16.6. The Kier molecular flexibility index (Phi) is 5.45. The maximum atomic E-state index is 11.9. The fraction of sp³-hybridized carbons (Fsp3) is 0.682. The first-order valence-electron chi connectivity index (χ1n) is 9.81. The Morgan fingerprint density at radius 1 is 1.04 bits per heavy atom. The Labute approximate surface area is 157 Å². The molecule has 1 aromatic carbocycles. The minimum atomic E-state index is -0.927. The van der Waals surface area contributed by atoms with Crippen molar-refractivity contribution in [3.05, 3.63) is 35.4 Å². The van der Waals surface area contributed by atoms with Crippen LogP contribution in [0.4, 0.5) is 0 Å². The molecule has 3 fully saturated rings. The number of esters is 1. The van der Waals surface area contributed by atoms with Gasteiger partial charge in [-0.25, -0.2) is 4.79 Å². The molecule has 4 rings (SSSR count). The SMILES string of the molecule is CCOC(=O)C(C)(C)OCc1ccc(C23CCC(OC)(CC2)CC3)cc1. The summed E-state index contributed by atoms with van der Waals surface area (Å²) in [7, 11) is 1.87. The first kappa shape index (κ1) is 19.4. The van der Waals surface area contributed by atoms with Crippen LogP contribution in [0.2, 0.25) is 0 Å². The monoisotopic (exact) mass is 360 g/mol. The minimum absolute atomic E-state index is 0.147. The van der Waals surface area contributed by atoms with E-state index in [4.69, 9.17) is 14.2 Å². The van der Waals surface area contributed by atoms with Crippen molar-refractivity contribution in [3.8, 4) is 0 Å². The number of benzene rings is 1. The molecule has 0 amide bonds. The number of methoxy groups -OCH3 is 1. The average molecular weight is 360 g/mol. The van der Waals surface area contributed by atoms with Crippen LogP contribution in [0.25, 0.3) is 0 Å². The molecular formula is C22H32O4. The van der Waals surface area contributed by atoms with Crippen molar-refractivity contribution in [2.24, 2.45) is 0 Å². The van der Waals surface area contributed by atoms with Crippen LogP contribution < -0.4 is 0 Å². The average Bonchev–Trinajstić information content (AvgIpc) is 2.68. The van der Waals surface area contributed by atoms with Gasteiger partial charge in [0, 0.05) is 7.11 Å². The first-order valence-corrected chi connectivity index (χ1v) is 9.81. The summed E-state index contributed by atoms with van der Waals surface area (Å²) in [5.41, 5.74) is 2.07. The van der Waals surface area contributed by atoms with Crippen LogP contribution in [0, 0.1) is 0 Å². The molecule has 0 spiro atoms. The largest absolute Gasteiger partial charge is 0.464 e. The molecule has 4 heteroatoms. The summed E-state index contributed by atoms with van der Waals surface area (Å²) in [4.78, 5) is 11.9. The lowest BCUT2D eigenvalue weighted by atomic mass is 9.56. The molecule has 3 saturated carbocycles. The summed E-state index contributed by atoms with van der Waals surface area (Å²) < 4.78 is 16.7. The number of carbonyl (C=O) groups is 1. The van der Waals surface area contributed by atoms with Gasteiger partial charge in [0.05, 0.1) is 18.8 Å². The summed E-state index contributed by atoms with van der Waals surface area (Å²) in [6.07, 6.45) is 7.15. The highest BCUT2D eigenvalue weighted by Crippen LogP contribution is 2.54. The molecule has 2 bridgehead atoms. The van der Waals surface area contributed by atoms with E-state index in [9.17, 15) is 4.79 Å². The maximum absolute atomic E-state index is 11.9. The summed E-state index contributed by atoms with van der Waals surface area (Å²) in [5, 5.41) is 0. The summed E-state index contributed by atoms with van der Waals surface area (Å²) in [6.45, 7) is 6.09. The Hall–Kier alpha value is -1.39. The number of hydrogen-bond donors (Lipinski definition) is 0. The highest BCUT2D eigenvalue weighted by atomic mass is 16.6. The van der Waals surface area contributed by atoms with E-state index >= 15 is 0 Å². The van der Waals surface area contributed by atoms with E-state index in [0.29, 0.717) is 18.6 Å². The first-order chi connectivity index (χ1) is 12.3. The van der Waals surface area contributed by atoms with E-state index in [2.05, 4.69) is 24.3 Å². The molecule has 0 saturated heterocycles. The second-order valence-corrected chi connectivity index (χ2v) is 8.38. The standard InChI is InChI=1S/C22H32O4/c1-5-25-19(23)20(2,3)26-16-17-6-8-18(9-7-17)21-10-13-22(24-4,14-11-21)15-12-21/h6-9H,5,10-16H2,1-4H3. The molecule has 0 radical (unpaired) electrons. The van der Waals surface area contributed by atoms with E-state index in [1.54, 1.807) is 20.8 Å². The summed E-state index contributed by atoms with van der Waals surface area (Å²) >= 11 is 0. The third-order valence-corrected chi connectivity index (χ3v) is 6.54. The highest BCUT2D eigenvalue weighted by Gasteiger charge is 2.49. The molecule has 0 aromatic heterocycles. The maximum Gasteiger partial charge on any atom is 0.337 e. The van der Waals surface area contributed by atoms with Crippen molar-refractivity contribution < 1.29 is 19.0 Å². The van der Waals surface area contributed by atoms with Crippen molar-refractivity contribution in [2.75, 3.05) is 13.7 Å². The second-order valence-electron chi connectivity index (χ2n) is 8.38. The lowest BCUT2D eigenvalue weighted by Crippen LogP contribution is -2.49. The predicted octanol–water partition coefficient (Wildman–Crippen LogP) is 4.54. The van der Waals surface area contributed by atoms with E-state index in [-0.39, 0.29) is 11.6 Å². The van der Waals surface area contributed by atoms with Gasteiger partial charge in [0.1, 0.15) is 0 Å². The fourth-order valence-corrected chi connectivity index (χ4v) is 4.47. The van der Waals surface area contributed by atoms with Crippen LogP contribution in [-0.4, -0.2) is 30.9 Å². The van der Waals surface area contributed by atoms with Crippen molar-refractivity contribution in [1.82, 2.24) is 0 Å². The normalized spacial score (nSPS) is 28.2. The zero-order valence-corrected chi connectivity index (χ0v) is 16.6. The third-order valence-electron chi connectivity index (χ3n) is 6.54. The quantitative estimate of drug-likeness (QED) is 0.670. The molecule has 0 aliphatic heterocycles. The lowest BCUT2D eigenvalue weighted by molar-refractivity contribution is -0.169. The van der Waals surface area contributed by atoms with Gasteiger partial charge in [-0.05, 0) is 75.8 Å². The smallest absolute Gasteiger partial charge is 0.337 e. The van der Waals surface area contributed by atoms with Crippen LogP contribution in [0.3, 0.4) is 0 Å². The number of fused-ring (bicyclic) bond motifs is 3. The molecule has 0 unspecified atom stereocenters. The van der Waals surface area contributed by atoms with Gasteiger partial charge in [-0.3, -0.25) is 0 Å². The van der Waals surface area contributed by atoms with Crippen LogP contribution in [0.5, 0.6) is 0 Å². The Bertz CT molecular complexity index is 608. The number of ether oxygens (including phenoxy) is 3. The molecule has 4 nitrogen and oxygen atoms in total. The van der Waals surface area contributed by atoms with Gasteiger partial charge < -0.3 is 14.2 Å². The van der Waals surface area contributed by atoms with Crippen molar-refractivity contribution in [3.63, 3.8) is 0 Å². The van der Waals surface area contributed by atoms with Crippen molar-refractivity contribution in [1.29, 1.82) is 0 Å². The Balaban J connectivity index is 1.62.